The van der Waals surface area contributed by atoms with Crippen molar-refractivity contribution >= 4 is 35.2 Å². The minimum absolute atomic E-state index is 0.198. The zero-order valence-corrected chi connectivity index (χ0v) is 21.8. The van der Waals surface area contributed by atoms with Crippen molar-refractivity contribution in [1.29, 1.82) is 0 Å². The summed E-state index contributed by atoms with van der Waals surface area (Å²) in [4.78, 5) is 43.5. The zero-order valence-electron chi connectivity index (χ0n) is 20.9. The Kier molecular flexibility index (Phi) is 7.88. The predicted octanol–water partition coefficient (Wildman–Crippen LogP) is 3.00. The number of allylic oxidation sites excluding steroid dienone is 1. The lowest BCUT2D eigenvalue weighted by atomic mass is 9.95. The topological polar surface area (TPSA) is 108 Å². The number of thiazole rings is 1. The van der Waals surface area contributed by atoms with Gasteiger partial charge >= 0.3 is 11.9 Å². The summed E-state index contributed by atoms with van der Waals surface area (Å²) in [5.74, 6) is -0.316. The van der Waals surface area contributed by atoms with Gasteiger partial charge in [0.15, 0.2) is 4.80 Å². The van der Waals surface area contributed by atoms with Crippen LogP contribution in [-0.4, -0.2) is 36.8 Å². The number of aromatic nitrogens is 1. The summed E-state index contributed by atoms with van der Waals surface area (Å²) in [6.45, 7) is 5.71. The third-order valence-corrected chi connectivity index (χ3v) is 6.68. The third-order valence-electron chi connectivity index (χ3n) is 5.69. The molecule has 0 saturated carbocycles. The van der Waals surface area contributed by atoms with E-state index in [1.807, 2.05) is 12.1 Å². The molecule has 1 aliphatic heterocycles. The highest BCUT2D eigenvalue weighted by Gasteiger charge is 2.33. The maximum atomic E-state index is 13.6. The van der Waals surface area contributed by atoms with Crippen LogP contribution >= 0.6 is 11.3 Å². The van der Waals surface area contributed by atoms with Crippen molar-refractivity contribution in [2.75, 3.05) is 25.6 Å². The minimum Gasteiger partial charge on any atom is -0.497 e. The fourth-order valence-electron chi connectivity index (χ4n) is 3.98. The summed E-state index contributed by atoms with van der Waals surface area (Å²) < 4.78 is 17.6. The molecule has 2 aromatic carbocycles. The number of hydrogen-bond donors (Lipinski definition) is 1. The van der Waals surface area contributed by atoms with Gasteiger partial charge in [0.2, 0.25) is 0 Å². The fraction of sp³-hybridized carbons (Fsp3) is 0.259. The highest BCUT2D eigenvalue weighted by Crippen LogP contribution is 2.32. The molecule has 1 aromatic heterocycles. The molecule has 37 heavy (non-hydrogen) atoms. The summed E-state index contributed by atoms with van der Waals surface area (Å²) in [5, 5.41) is 3.10. The van der Waals surface area contributed by atoms with Gasteiger partial charge in [-0.2, -0.15) is 0 Å². The Morgan fingerprint density at radius 3 is 2.46 bits per heavy atom. The number of ether oxygens (including phenoxy) is 3. The second-order valence-electron chi connectivity index (χ2n) is 8.02. The molecule has 0 fully saturated rings. The van der Waals surface area contributed by atoms with Gasteiger partial charge in [0.05, 0.1) is 43.2 Å². The van der Waals surface area contributed by atoms with Crippen LogP contribution in [0.4, 0.5) is 5.69 Å². The monoisotopic (exact) mass is 521 g/mol. The van der Waals surface area contributed by atoms with E-state index in [2.05, 4.69) is 10.3 Å². The molecule has 3 aromatic rings. The summed E-state index contributed by atoms with van der Waals surface area (Å²) in [6.07, 6.45) is 1.59. The van der Waals surface area contributed by atoms with E-state index in [0.29, 0.717) is 49.8 Å². The van der Waals surface area contributed by atoms with E-state index in [1.165, 1.54) is 15.9 Å². The quantitative estimate of drug-likeness (QED) is 0.454. The van der Waals surface area contributed by atoms with Crippen molar-refractivity contribution in [3.63, 3.8) is 0 Å². The number of carbonyl (C=O) groups is 2. The molecular formula is C27H27N3O6S. The number of rotatable bonds is 8. The van der Waals surface area contributed by atoms with Crippen LogP contribution in [0.15, 0.2) is 69.6 Å². The van der Waals surface area contributed by atoms with Gasteiger partial charge in [-0.1, -0.05) is 23.5 Å². The number of carbonyl (C=O) groups excluding carboxylic acids is 2. The summed E-state index contributed by atoms with van der Waals surface area (Å²) in [7, 11) is 1.56. The van der Waals surface area contributed by atoms with Crippen molar-refractivity contribution < 1.29 is 23.8 Å². The van der Waals surface area contributed by atoms with Crippen molar-refractivity contribution in [2.45, 2.75) is 26.8 Å². The first-order valence-electron chi connectivity index (χ1n) is 11.7. The van der Waals surface area contributed by atoms with Crippen LogP contribution in [0.25, 0.3) is 6.20 Å². The minimum atomic E-state index is -0.726. The first kappa shape index (κ1) is 25.9. The Hall–Kier alpha value is -4.18. The van der Waals surface area contributed by atoms with Crippen molar-refractivity contribution in [3.05, 3.63) is 90.6 Å². The molecule has 0 spiro atoms. The molecule has 2 heterocycles. The molecule has 0 amide bonds. The van der Waals surface area contributed by atoms with Gasteiger partial charge in [-0.15, -0.1) is 0 Å². The van der Waals surface area contributed by atoms with Gasteiger partial charge in [0.25, 0.3) is 5.56 Å². The van der Waals surface area contributed by atoms with E-state index in [9.17, 15) is 14.4 Å². The van der Waals surface area contributed by atoms with Crippen LogP contribution in [0.5, 0.6) is 5.75 Å². The Morgan fingerprint density at radius 2 is 1.78 bits per heavy atom. The summed E-state index contributed by atoms with van der Waals surface area (Å²) in [5.41, 5.74) is 2.31. The zero-order chi connectivity index (χ0) is 26.5. The largest absolute Gasteiger partial charge is 0.497 e. The highest BCUT2D eigenvalue weighted by molar-refractivity contribution is 7.07. The van der Waals surface area contributed by atoms with Crippen molar-refractivity contribution in [3.8, 4) is 5.75 Å². The molecule has 0 bridgehead atoms. The van der Waals surface area contributed by atoms with Crippen LogP contribution in [0.2, 0.25) is 0 Å². The van der Waals surface area contributed by atoms with Crippen LogP contribution in [0.1, 0.15) is 42.7 Å². The van der Waals surface area contributed by atoms with E-state index in [4.69, 9.17) is 14.2 Å². The number of hydrogen-bond acceptors (Lipinski definition) is 9. The molecule has 0 unspecified atom stereocenters. The van der Waals surface area contributed by atoms with Gasteiger partial charge < -0.3 is 19.5 Å². The number of anilines is 1. The molecule has 10 heteroatoms. The smallest absolute Gasteiger partial charge is 0.338 e. The van der Waals surface area contributed by atoms with Gasteiger partial charge in [-0.05, 0) is 62.7 Å². The SMILES string of the molecule is CCOC(=O)C1=C(C)N=c2s/c(=C\Nc3ccc(C(=O)OCC)cc3)c(=O)n2[C@@H]1c1cccc(OC)c1. The summed E-state index contributed by atoms with van der Waals surface area (Å²) in [6, 6.07) is 13.3. The molecule has 9 nitrogen and oxygen atoms in total. The van der Waals surface area contributed by atoms with Gasteiger partial charge in [0.1, 0.15) is 10.3 Å². The van der Waals surface area contributed by atoms with Crippen LogP contribution in [0, 0.1) is 0 Å². The van der Waals surface area contributed by atoms with E-state index < -0.39 is 18.0 Å². The third kappa shape index (κ3) is 5.34. The number of nitrogens with one attached hydrogen (secondary N) is 1. The maximum Gasteiger partial charge on any atom is 0.338 e. The Morgan fingerprint density at radius 1 is 1.08 bits per heavy atom. The molecule has 0 aliphatic carbocycles. The van der Waals surface area contributed by atoms with Gasteiger partial charge in [-0.25, -0.2) is 14.6 Å². The molecule has 1 atom stereocenters. The van der Waals surface area contributed by atoms with E-state index in [-0.39, 0.29) is 12.2 Å². The summed E-state index contributed by atoms with van der Waals surface area (Å²) >= 11 is 1.21. The molecule has 0 saturated heterocycles. The first-order chi connectivity index (χ1) is 17.9. The molecular weight excluding hydrogens is 494 g/mol. The van der Waals surface area contributed by atoms with E-state index in [0.717, 1.165) is 0 Å². The molecule has 1 N–H and O–H groups in total. The van der Waals surface area contributed by atoms with Crippen LogP contribution < -0.4 is 24.9 Å². The Labute approximate surface area is 217 Å². The van der Waals surface area contributed by atoms with Crippen LogP contribution in [-0.2, 0) is 14.3 Å². The lowest BCUT2D eigenvalue weighted by Gasteiger charge is -2.24. The lowest BCUT2D eigenvalue weighted by Crippen LogP contribution is -2.40. The number of fused-ring (bicyclic) bond motifs is 1. The van der Waals surface area contributed by atoms with E-state index in [1.54, 1.807) is 70.5 Å². The molecule has 192 valence electrons. The van der Waals surface area contributed by atoms with Crippen LogP contribution in [0.3, 0.4) is 0 Å². The highest BCUT2D eigenvalue weighted by atomic mass is 32.1. The lowest BCUT2D eigenvalue weighted by molar-refractivity contribution is -0.139. The second-order valence-corrected chi connectivity index (χ2v) is 9.03. The van der Waals surface area contributed by atoms with Gasteiger partial charge in [-0.3, -0.25) is 9.36 Å². The van der Waals surface area contributed by atoms with Gasteiger partial charge in [0, 0.05) is 11.9 Å². The number of benzene rings is 2. The van der Waals surface area contributed by atoms with Crippen molar-refractivity contribution in [1.82, 2.24) is 4.57 Å². The standard InChI is InChI=1S/C27H27N3O6S/c1-5-35-25(32)17-10-12-19(13-11-17)28-15-21-24(31)30-23(18-8-7-9-20(14-18)34-4)22(26(33)36-6-2)16(3)29-27(30)37-21/h7-15,23,28H,5-6H2,1-4H3/b21-15-/t23-/m1/s1. The fourth-order valence-corrected chi connectivity index (χ4v) is 4.95. The maximum absolute atomic E-state index is 13.6. The predicted molar refractivity (Wildman–Crippen MR) is 140 cm³/mol. The Bertz CT molecular complexity index is 1540. The molecule has 4 rings (SSSR count). The molecule has 0 radical (unpaired) electrons. The Balaban J connectivity index is 1.76. The number of methoxy groups -OCH3 is 1. The average molecular weight is 522 g/mol. The molecule has 1 aliphatic rings. The first-order valence-corrected chi connectivity index (χ1v) is 12.5. The van der Waals surface area contributed by atoms with E-state index >= 15 is 0 Å². The average Bonchev–Trinajstić information content (AvgIpc) is 3.21. The number of esters is 2. The normalized spacial score (nSPS) is 15.0. The van der Waals surface area contributed by atoms with Crippen molar-refractivity contribution in [2.24, 2.45) is 4.99 Å². The number of nitrogens with zero attached hydrogens (tertiary/aromatic N) is 2. The second kappa shape index (κ2) is 11.3.